The van der Waals surface area contributed by atoms with Gasteiger partial charge in [-0.3, -0.25) is 9.59 Å². The number of nitrogens with two attached hydrogens (primary N) is 1. The van der Waals surface area contributed by atoms with Gasteiger partial charge in [-0.1, -0.05) is 36.2 Å². The van der Waals surface area contributed by atoms with Gasteiger partial charge in [-0.05, 0) is 18.8 Å². The van der Waals surface area contributed by atoms with Crippen LogP contribution in [0.5, 0.6) is 0 Å². The van der Waals surface area contributed by atoms with Gasteiger partial charge in [0.15, 0.2) is 0 Å². The van der Waals surface area contributed by atoms with Crippen LogP contribution in [0.15, 0.2) is 0 Å². The Morgan fingerprint density at radius 3 is 2.38 bits per heavy atom. The number of alkyl halides is 1. The maximum atomic E-state index is 11.6. The molecule has 3 N–H and O–H groups in total. The summed E-state index contributed by atoms with van der Waals surface area (Å²) < 4.78 is 0. The summed E-state index contributed by atoms with van der Waals surface area (Å²) in [5, 5.41) is 3.46. The van der Waals surface area contributed by atoms with Crippen LogP contribution < -0.4 is 11.1 Å². The first-order chi connectivity index (χ1) is 7.54. The number of rotatable bonds is 8. The largest absolute Gasteiger partial charge is 0.368 e. The molecule has 16 heavy (non-hydrogen) atoms. The zero-order valence-electron chi connectivity index (χ0n) is 9.96. The van der Waals surface area contributed by atoms with Crippen LogP contribution in [0.1, 0.15) is 39.5 Å². The highest BCUT2D eigenvalue weighted by atomic mass is 79.9. The van der Waals surface area contributed by atoms with Crippen molar-refractivity contribution in [2.75, 3.05) is 5.33 Å². The summed E-state index contributed by atoms with van der Waals surface area (Å²) in [7, 11) is 0. The molecule has 0 bridgehead atoms. The van der Waals surface area contributed by atoms with Crippen LogP contribution in [-0.4, -0.2) is 23.2 Å². The third-order valence-corrected chi connectivity index (χ3v) is 3.39. The molecule has 0 aromatic carbocycles. The van der Waals surface area contributed by atoms with Crippen molar-refractivity contribution < 1.29 is 9.59 Å². The topological polar surface area (TPSA) is 72.2 Å². The molecule has 0 aliphatic carbocycles. The quantitative estimate of drug-likeness (QED) is 0.667. The Balaban J connectivity index is 4.09. The molecule has 2 amide bonds. The molecule has 0 saturated heterocycles. The lowest BCUT2D eigenvalue weighted by atomic mass is 10.0. The minimum Gasteiger partial charge on any atom is -0.368 e. The van der Waals surface area contributed by atoms with Crippen LogP contribution in [-0.2, 0) is 9.59 Å². The molecule has 0 saturated carbocycles. The third kappa shape index (κ3) is 6.10. The van der Waals surface area contributed by atoms with Crippen LogP contribution in [0.4, 0.5) is 0 Å². The minimum absolute atomic E-state index is 0.0939. The molecule has 1 unspecified atom stereocenters. The van der Waals surface area contributed by atoms with Gasteiger partial charge in [-0.2, -0.15) is 0 Å². The van der Waals surface area contributed by atoms with E-state index in [2.05, 4.69) is 28.2 Å². The summed E-state index contributed by atoms with van der Waals surface area (Å²) in [5.41, 5.74) is 5.15. The van der Waals surface area contributed by atoms with Gasteiger partial charge < -0.3 is 11.1 Å². The fourth-order valence-electron chi connectivity index (χ4n) is 1.53. The maximum Gasteiger partial charge on any atom is 0.239 e. The minimum atomic E-state index is -0.537. The SMILES string of the molecule is CCCC(CBr)CC(=O)N[C@@H](CC)C(N)=O. The second-order valence-corrected chi connectivity index (χ2v) is 4.59. The first-order valence-electron chi connectivity index (χ1n) is 5.69. The number of carbonyl (C=O) groups is 2. The predicted octanol–water partition coefficient (Wildman–Crippen LogP) is 1.57. The lowest BCUT2D eigenvalue weighted by Crippen LogP contribution is -2.44. The molecule has 0 heterocycles. The van der Waals surface area contributed by atoms with Crippen molar-refractivity contribution in [3.05, 3.63) is 0 Å². The summed E-state index contributed by atoms with van der Waals surface area (Å²) in [6.45, 7) is 3.91. The summed E-state index contributed by atoms with van der Waals surface area (Å²) >= 11 is 3.39. The van der Waals surface area contributed by atoms with E-state index in [-0.39, 0.29) is 5.91 Å². The number of hydrogen-bond donors (Lipinski definition) is 2. The van der Waals surface area contributed by atoms with Crippen LogP contribution in [0, 0.1) is 5.92 Å². The summed E-state index contributed by atoms with van der Waals surface area (Å²) in [5.74, 6) is -0.235. The van der Waals surface area contributed by atoms with E-state index in [0.29, 0.717) is 18.8 Å². The third-order valence-electron chi connectivity index (χ3n) is 2.48. The van der Waals surface area contributed by atoms with Gasteiger partial charge in [0.2, 0.25) is 11.8 Å². The molecule has 5 heteroatoms. The van der Waals surface area contributed by atoms with Gasteiger partial charge >= 0.3 is 0 Å². The molecule has 0 radical (unpaired) electrons. The van der Waals surface area contributed by atoms with Crippen molar-refractivity contribution in [2.45, 2.75) is 45.6 Å². The van der Waals surface area contributed by atoms with Gasteiger partial charge in [-0.25, -0.2) is 0 Å². The Hall–Kier alpha value is -0.580. The molecule has 0 aliphatic rings. The number of halogens is 1. The van der Waals surface area contributed by atoms with Crippen molar-refractivity contribution in [3.8, 4) is 0 Å². The summed E-state index contributed by atoms with van der Waals surface area (Å²) in [4.78, 5) is 22.6. The number of carbonyl (C=O) groups excluding carboxylic acids is 2. The Morgan fingerprint density at radius 1 is 1.38 bits per heavy atom. The van der Waals surface area contributed by atoms with E-state index in [9.17, 15) is 9.59 Å². The van der Waals surface area contributed by atoms with E-state index < -0.39 is 11.9 Å². The van der Waals surface area contributed by atoms with E-state index in [1.807, 2.05) is 6.92 Å². The van der Waals surface area contributed by atoms with Gasteiger partial charge in [0.25, 0.3) is 0 Å². The first-order valence-corrected chi connectivity index (χ1v) is 6.81. The highest BCUT2D eigenvalue weighted by molar-refractivity contribution is 9.09. The monoisotopic (exact) mass is 292 g/mol. The van der Waals surface area contributed by atoms with Gasteiger partial charge in [0.1, 0.15) is 6.04 Å². The number of amides is 2. The van der Waals surface area contributed by atoms with Crippen LogP contribution in [0.2, 0.25) is 0 Å². The van der Waals surface area contributed by atoms with Crippen molar-refractivity contribution in [3.63, 3.8) is 0 Å². The Bertz CT molecular complexity index is 234. The van der Waals surface area contributed by atoms with Crippen molar-refractivity contribution in [2.24, 2.45) is 11.7 Å². The maximum absolute atomic E-state index is 11.6. The standard InChI is InChI=1S/C11H21BrN2O2/c1-3-5-8(7-12)6-10(15)14-9(4-2)11(13)16/h8-9H,3-7H2,1-2H3,(H2,13,16)(H,14,15)/t8?,9-/m0/s1. The Kier molecular flexibility index (Phi) is 8.25. The number of hydrogen-bond acceptors (Lipinski definition) is 2. The van der Waals surface area contributed by atoms with Crippen LogP contribution in [0.3, 0.4) is 0 Å². The Labute approximate surface area is 105 Å². The number of primary amides is 1. The highest BCUT2D eigenvalue weighted by Crippen LogP contribution is 2.14. The molecule has 94 valence electrons. The van der Waals surface area contributed by atoms with Crippen molar-refractivity contribution in [1.29, 1.82) is 0 Å². The van der Waals surface area contributed by atoms with E-state index in [0.717, 1.165) is 18.2 Å². The van der Waals surface area contributed by atoms with Crippen molar-refractivity contribution in [1.82, 2.24) is 5.32 Å². The fraction of sp³-hybridized carbons (Fsp3) is 0.818. The molecular weight excluding hydrogens is 272 g/mol. The van der Waals surface area contributed by atoms with Gasteiger partial charge in [0.05, 0.1) is 0 Å². The smallest absolute Gasteiger partial charge is 0.239 e. The molecule has 0 spiro atoms. The molecular formula is C11H21BrN2O2. The second kappa shape index (κ2) is 8.56. The van der Waals surface area contributed by atoms with E-state index in [4.69, 9.17) is 5.73 Å². The highest BCUT2D eigenvalue weighted by Gasteiger charge is 2.18. The molecule has 0 aromatic rings. The Morgan fingerprint density at radius 2 is 2.00 bits per heavy atom. The zero-order chi connectivity index (χ0) is 12.6. The van der Waals surface area contributed by atoms with Crippen LogP contribution >= 0.6 is 15.9 Å². The lowest BCUT2D eigenvalue weighted by molar-refractivity contribution is -0.127. The average molecular weight is 293 g/mol. The lowest BCUT2D eigenvalue weighted by Gasteiger charge is -2.16. The molecule has 0 rings (SSSR count). The van der Waals surface area contributed by atoms with Gasteiger partial charge in [0, 0.05) is 11.8 Å². The van der Waals surface area contributed by atoms with Crippen LogP contribution in [0.25, 0.3) is 0 Å². The number of nitrogens with one attached hydrogen (secondary N) is 1. The summed E-state index contributed by atoms with van der Waals surface area (Å²) in [6.07, 6.45) is 3.04. The molecule has 0 aliphatic heterocycles. The average Bonchev–Trinajstić information content (AvgIpc) is 2.24. The zero-order valence-corrected chi connectivity index (χ0v) is 11.5. The fourth-order valence-corrected chi connectivity index (χ4v) is 2.08. The van der Waals surface area contributed by atoms with E-state index in [1.165, 1.54) is 0 Å². The first kappa shape index (κ1) is 15.4. The molecule has 2 atom stereocenters. The normalized spacial score (nSPS) is 14.2. The second-order valence-electron chi connectivity index (χ2n) is 3.94. The molecule has 4 nitrogen and oxygen atoms in total. The predicted molar refractivity (Wildman–Crippen MR) is 68.2 cm³/mol. The van der Waals surface area contributed by atoms with Gasteiger partial charge in [-0.15, -0.1) is 0 Å². The summed E-state index contributed by atoms with van der Waals surface area (Å²) in [6, 6.07) is -0.537. The van der Waals surface area contributed by atoms with E-state index in [1.54, 1.807) is 0 Å². The van der Waals surface area contributed by atoms with Crippen molar-refractivity contribution >= 4 is 27.7 Å². The molecule has 0 aromatic heterocycles. The van der Waals surface area contributed by atoms with E-state index >= 15 is 0 Å². The molecule has 0 fully saturated rings.